The second-order valence-electron chi connectivity index (χ2n) is 4.47. The summed E-state index contributed by atoms with van der Waals surface area (Å²) in [6.07, 6.45) is 2.66. The molecule has 108 valence electrons. The molecule has 1 aliphatic heterocycles. The van der Waals surface area contributed by atoms with Gasteiger partial charge in [0, 0.05) is 6.42 Å². The van der Waals surface area contributed by atoms with Crippen LogP contribution in [0.3, 0.4) is 0 Å². The van der Waals surface area contributed by atoms with E-state index in [1.54, 1.807) is 6.20 Å². The fourth-order valence-corrected chi connectivity index (χ4v) is 2.40. The summed E-state index contributed by atoms with van der Waals surface area (Å²) in [6, 6.07) is 0. The molecule has 10 heteroatoms. The molecule has 0 spiro atoms. The Morgan fingerprint density at radius 1 is 1.50 bits per heavy atom. The lowest BCUT2D eigenvalue weighted by Crippen LogP contribution is -2.13. The first-order valence-corrected chi connectivity index (χ1v) is 7.78. The van der Waals surface area contributed by atoms with E-state index in [2.05, 4.69) is 19.9 Å². The summed E-state index contributed by atoms with van der Waals surface area (Å²) < 4.78 is 21.3. The minimum absolute atomic E-state index is 0.300. The molecule has 0 bridgehead atoms. The Morgan fingerprint density at radius 3 is 3.10 bits per heavy atom. The molecule has 1 saturated heterocycles. The van der Waals surface area contributed by atoms with Gasteiger partial charge in [0.15, 0.2) is 18.3 Å². The van der Waals surface area contributed by atoms with Gasteiger partial charge in [-0.2, -0.15) is 0 Å². The van der Waals surface area contributed by atoms with Crippen molar-refractivity contribution in [2.45, 2.75) is 25.2 Å². The van der Waals surface area contributed by atoms with Crippen LogP contribution in [-0.2, 0) is 14.0 Å². The van der Waals surface area contributed by atoms with Crippen LogP contribution in [0.1, 0.15) is 24.8 Å². The number of nitrogens with one attached hydrogen (secondary N) is 1. The van der Waals surface area contributed by atoms with E-state index in [-0.39, 0.29) is 6.10 Å². The van der Waals surface area contributed by atoms with Crippen molar-refractivity contribution in [3.63, 3.8) is 0 Å². The number of rotatable bonds is 4. The van der Waals surface area contributed by atoms with E-state index in [1.165, 1.54) is 6.33 Å². The molecular formula is C10H13N4O5P. The van der Waals surface area contributed by atoms with Gasteiger partial charge in [-0.15, -0.1) is 0 Å². The van der Waals surface area contributed by atoms with E-state index in [9.17, 15) is 4.57 Å². The summed E-state index contributed by atoms with van der Waals surface area (Å²) in [5, 5.41) is 0. The lowest BCUT2D eigenvalue weighted by atomic mass is 10.2. The third kappa shape index (κ3) is 3.02. The largest absolute Gasteiger partial charge is 0.351 e. The summed E-state index contributed by atoms with van der Waals surface area (Å²) in [5.74, 6) is 0.614. The van der Waals surface area contributed by atoms with Crippen molar-refractivity contribution in [3.05, 3.63) is 18.3 Å². The number of imidazole rings is 1. The molecule has 0 aromatic carbocycles. The van der Waals surface area contributed by atoms with Crippen molar-refractivity contribution >= 4 is 18.8 Å². The van der Waals surface area contributed by atoms with Crippen LogP contribution >= 0.6 is 7.60 Å². The molecule has 9 nitrogen and oxygen atoms in total. The second kappa shape index (κ2) is 5.19. The normalized spacial score (nSPS) is 23.5. The van der Waals surface area contributed by atoms with Gasteiger partial charge in [-0.1, -0.05) is 0 Å². The average molecular weight is 300 g/mol. The number of nitrogens with zero attached hydrogens (tertiary/aromatic N) is 3. The van der Waals surface area contributed by atoms with Crippen molar-refractivity contribution in [2.24, 2.45) is 0 Å². The van der Waals surface area contributed by atoms with Crippen molar-refractivity contribution in [3.8, 4) is 0 Å². The summed E-state index contributed by atoms with van der Waals surface area (Å²) >= 11 is 0. The summed E-state index contributed by atoms with van der Waals surface area (Å²) in [5.41, 5.74) is 1.27. The molecule has 1 aliphatic rings. The molecule has 0 radical (unpaired) electrons. The number of H-pyrrole nitrogens is 1. The Kier molecular flexibility index (Phi) is 3.53. The molecule has 2 aromatic rings. The van der Waals surface area contributed by atoms with Crippen LogP contribution in [0.5, 0.6) is 0 Å². The van der Waals surface area contributed by atoms with Crippen LogP contribution in [0.4, 0.5) is 0 Å². The number of aromatic amines is 1. The standard InChI is InChI=1S/C10H13N4O5P/c15-20(16,17)5-18-8-2-1-7(19-8)10-13-6-3-11-4-12-9(6)14-10/h3-4,7-8H,1-2,5H2,(H2,15,16,17)(H,11,12,13,14). The van der Waals surface area contributed by atoms with Gasteiger partial charge in [-0.3, -0.25) is 4.57 Å². The predicted molar refractivity (Wildman–Crippen MR) is 66.5 cm³/mol. The average Bonchev–Trinajstić information content (AvgIpc) is 3.01. The van der Waals surface area contributed by atoms with Crippen LogP contribution in [0.25, 0.3) is 11.2 Å². The molecule has 2 atom stereocenters. The molecular weight excluding hydrogens is 287 g/mol. The molecule has 0 saturated carbocycles. The van der Waals surface area contributed by atoms with Crippen LogP contribution in [-0.4, -0.2) is 42.4 Å². The zero-order chi connectivity index (χ0) is 14.2. The van der Waals surface area contributed by atoms with Crippen LogP contribution in [0, 0.1) is 0 Å². The smallest absolute Gasteiger partial charge is 0.341 e. The molecule has 3 heterocycles. The second-order valence-corrected chi connectivity index (χ2v) is 6.06. The Labute approximate surface area is 113 Å². The third-order valence-electron chi connectivity index (χ3n) is 2.89. The van der Waals surface area contributed by atoms with Crippen molar-refractivity contribution in [2.75, 3.05) is 6.35 Å². The Bertz CT molecular complexity index is 623. The van der Waals surface area contributed by atoms with E-state index < -0.39 is 20.2 Å². The maximum atomic E-state index is 10.7. The van der Waals surface area contributed by atoms with Gasteiger partial charge in [0.2, 0.25) is 0 Å². The molecule has 3 N–H and O–H groups in total. The number of hydrogen-bond acceptors (Lipinski definition) is 6. The van der Waals surface area contributed by atoms with E-state index in [4.69, 9.17) is 19.3 Å². The zero-order valence-electron chi connectivity index (χ0n) is 10.3. The van der Waals surface area contributed by atoms with Crippen LogP contribution < -0.4 is 0 Å². The highest BCUT2D eigenvalue weighted by Gasteiger charge is 2.31. The van der Waals surface area contributed by atoms with Crippen molar-refractivity contribution < 1.29 is 23.8 Å². The topological polar surface area (TPSA) is 130 Å². The van der Waals surface area contributed by atoms with Gasteiger partial charge in [0.25, 0.3) is 0 Å². The first-order chi connectivity index (χ1) is 9.51. The minimum Gasteiger partial charge on any atom is -0.341 e. The van der Waals surface area contributed by atoms with E-state index >= 15 is 0 Å². The van der Waals surface area contributed by atoms with Gasteiger partial charge in [0.1, 0.15) is 23.8 Å². The van der Waals surface area contributed by atoms with Gasteiger partial charge in [-0.25, -0.2) is 15.0 Å². The fraction of sp³-hybridized carbons (Fsp3) is 0.500. The SMILES string of the molecule is O=P(O)(O)COC1CCC(c2nc3ncncc3[nH]2)O1. The molecule has 3 rings (SSSR count). The fourth-order valence-electron chi connectivity index (χ4n) is 2.04. The highest BCUT2D eigenvalue weighted by molar-refractivity contribution is 7.51. The summed E-state index contributed by atoms with van der Waals surface area (Å²) in [4.78, 5) is 32.8. The lowest BCUT2D eigenvalue weighted by Gasteiger charge is -2.13. The molecule has 20 heavy (non-hydrogen) atoms. The van der Waals surface area contributed by atoms with Crippen molar-refractivity contribution in [1.82, 2.24) is 19.9 Å². The molecule has 2 aromatic heterocycles. The van der Waals surface area contributed by atoms with Crippen molar-refractivity contribution in [1.29, 1.82) is 0 Å². The summed E-state index contributed by atoms with van der Waals surface area (Å²) in [6.45, 7) is 0. The Balaban J connectivity index is 1.66. The lowest BCUT2D eigenvalue weighted by molar-refractivity contribution is -0.126. The Morgan fingerprint density at radius 2 is 2.35 bits per heavy atom. The number of hydrogen-bond donors (Lipinski definition) is 3. The maximum absolute atomic E-state index is 10.7. The van der Waals surface area contributed by atoms with Gasteiger partial charge in [-0.05, 0) is 6.42 Å². The van der Waals surface area contributed by atoms with E-state index in [0.29, 0.717) is 29.8 Å². The molecule has 2 unspecified atom stereocenters. The van der Waals surface area contributed by atoms with E-state index in [1.807, 2.05) is 0 Å². The summed E-state index contributed by atoms with van der Waals surface area (Å²) in [7, 11) is -4.18. The molecule has 0 amide bonds. The zero-order valence-corrected chi connectivity index (χ0v) is 11.2. The highest BCUT2D eigenvalue weighted by Crippen LogP contribution is 2.38. The maximum Gasteiger partial charge on any atom is 0.351 e. The van der Waals surface area contributed by atoms with Crippen LogP contribution in [0.15, 0.2) is 12.5 Å². The minimum atomic E-state index is -4.18. The number of fused-ring (bicyclic) bond motifs is 1. The highest BCUT2D eigenvalue weighted by atomic mass is 31.2. The van der Waals surface area contributed by atoms with Gasteiger partial charge in [0.05, 0.1) is 6.20 Å². The molecule has 1 fully saturated rings. The number of aromatic nitrogens is 4. The monoisotopic (exact) mass is 300 g/mol. The van der Waals surface area contributed by atoms with Gasteiger partial charge >= 0.3 is 7.60 Å². The number of ether oxygens (including phenoxy) is 2. The molecule has 0 aliphatic carbocycles. The quantitative estimate of drug-likeness (QED) is 0.703. The van der Waals surface area contributed by atoms with Gasteiger partial charge < -0.3 is 24.2 Å². The van der Waals surface area contributed by atoms with Crippen LogP contribution in [0.2, 0.25) is 0 Å². The predicted octanol–water partition coefficient (Wildman–Crippen LogP) is 0.682. The Hall–Kier alpha value is -1.38. The first-order valence-electron chi connectivity index (χ1n) is 5.98. The first kappa shape index (κ1) is 13.6. The third-order valence-corrected chi connectivity index (χ3v) is 3.38. The van der Waals surface area contributed by atoms with E-state index in [0.717, 1.165) is 0 Å².